The molecule has 0 bridgehead atoms. The molecule has 2 aliphatic rings. The van der Waals surface area contributed by atoms with Crippen LogP contribution in [-0.4, -0.2) is 23.3 Å². The number of amides is 1. The Hall–Kier alpha value is -1.59. The quantitative estimate of drug-likeness (QED) is 0.821. The lowest BCUT2D eigenvalue weighted by atomic mass is 9.95. The number of anilines is 1. The van der Waals surface area contributed by atoms with Crippen LogP contribution >= 0.6 is 11.6 Å². The first-order valence-electron chi connectivity index (χ1n) is 8.50. The van der Waals surface area contributed by atoms with Crippen molar-refractivity contribution in [3.8, 4) is 0 Å². The van der Waals surface area contributed by atoms with Gasteiger partial charge >= 0.3 is 0 Å². The van der Waals surface area contributed by atoms with Gasteiger partial charge < -0.3 is 0 Å². The van der Waals surface area contributed by atoms with Crippen LogP contribution in [-0.2, 0) is 16.2 Å². The first kappa shape index (κ1) is 17.2. The Labute approximate surface area is 148 Å². The highest BCUT2D eigenvalue weighted by Crippen LogP contribution is 2.30. The number of carbonyl (C=O) groups excluding carboxylic acids is 1. The highest BCUT2D eigenvalue weighted by molar-refractivity contribution is 6.31. The zero-order chi connectivity index (χ0) is 17.2. The zero-order valence-electron chi connectivity index (χ0n) is 14.3. The third-order valence-corrected chi connectivity index (χ3v) is 4.88. The van der Waals surface area contributed by atoms with Gasteiger partial charge in [-0.2, -0.15) is 5.10 Å². The van der Waals surface area contributed by atoms with Crippen LogP contribution in [0.3, 0.4) is 0 Å². The van der Waals surface area contributed by atoms with Gasteiger partial charge in [0.2, 0.25) is 0 Å². The van der Waals surface area contributed by atoms with Gasteiger partial charge in [0.25, 0.3) is 5.91 Å². The summed E-state index contributed by atoms with van der Waals surface area (Å²) in [6.45, 7) is 4.53. The first-order valence-corrected chi connectivity index (χ1v) is 8.88. The molecule has 1 heterocycles. The van der Waals surface area contributed by atoms with Gasteiger partial charge in [-0.25, -0.2) is 5.06 Å². The number of nitrogens with one attached hydrogen (secondary N) is 1. The number of carbonyl (C=O) groups is 1. The first-order chi connectivity index (χ1) is 11.5. The summed E-state index contributed by atoms with van der Waals surface area (Å²) in [5.74, 6) is -0.00975. The lowest BCUT2D eigenvalue weighted by Crippen LogP contribution is -2.30. The van der Waals surface area contributed by atoms with Crippen molar-refractivity contribution in [1.29, 1.82) is 0 Å². The topological polar surface area (TPSA) is 53.9 Å². The smallest absolute Gasteiger partial charge is 0.254 e. The summed E-state index contributed by atoms with van der Waals surface area (Å²) in [5, 5.41) is 6.48. The molecule has 0 spiro atoms. The minimum Gasteiger partial charge on any atom is -0.279 e. The van der Waals surface area contributed by atoms with E-state index < -0.39 is 5.41 Å². The minimum absolute atomic E-state index is 0.00975. The lowest BCUT2D eigenvalue weighted by molar-refractivity contribution is -0.165. The summed E-state index contributed by atoms with van der Waals surface area (Å²) < 4.78 is 0. The molecular weight excluding hydrogens is 326 g/mol. The molecule has 130 valence electrons. The van der Waals surface area contributed by atoms with Crippen molar-refractivity contribution in [2.24, 2.45) is 10.5 Å². The van der Waals surface area contributed by atoms with E-state index in [9.17, 15) is 4.79 Å². The number of rotatable bonds is 4. The predicted octanol–water partition coefficient (Wildman–Crippen LogP) is 4.37. The average molecular weight is 350 g/mol. The van der Waals surface area contributed by atoms with E-state index in [1.807, 2.05) is 32.0 Å². The predicted molar refractivity (Wildman–Crippen MR) is 95.9 cm³/mol. The number of hydrazone groups is 1. The fraction of sp³-hybridized carbons (Fsp3) is 0.556. The van der Waals surface area contributed by atoms with Crippen molar-refractivity contribution in [2.75, 3.05) is 12.0 Å². The molecule has 1 aliphatic heterocycles. The van der Waals surface area contributed by atoms with Gasteiger partial charge in [0.05, 0.1) is 24.3 Å². The van der Waals surface area contributed by atoms with Gasteiger partial charge in [0.15, 0.2) is 0 Å². The van der Waals surface area contributed by atoms with Crippen LogP contribution in [0, 0.1) is 5.41 Å². The molecule has 1 saturated carbocycles. The van der Waals surface area contributed by atoms with E-state index in [4.69, 9.17) is 16.4 Å². The largest absolute Gasteiger partial charge is 0.279 e. The summed E-state index contributed by atoms with van der Waals surface area (Å²) >= 11 is 6.37. The molecule has 5 nitrogen and oxygen atoms in total. The van der Waals surface area contributed by atoms with Gasteiger partial charge in [0.1, 0.15) is 0 Å². The Morgan fingerprint density at radius 1 is 1.29 bits per heavy atom. The summed E-state index contributed by atoms with van der Waals surface area (Å²) in [4.78, 5) is 17.7. The van der Waals surface area contributed by atoms with E-state index in [1.54, 1.807) is 0 Å². The van der Waals surface area contributed by atoms with E-state index in [2.05, 4.69) is 10.5 Å². The number of hydrogen-bond donors (Lipinski definition) is 1. The average Bonchev–Trinajstić information content (AvgIpc) is 2.83. The molecule has 1 aromatic rings. The molecule has 0 aromatic heterocycles. The van der Waals surface area contributed by atoms with Crippen molar-refractivity contribution in [3.63, 3.8) is 0 Å². The Kier molecular flexibility index (Phi) is 5.11. The molecule has 1 N–H and O–H groups in total. The number of hydrogen-bond acceptors (Lipinski definition) is 4. The SMILES string of the molecule is CC1(C)CON(Cc2ccc(NN=C3CCCCC3)cc2Cl)C1=O. The summed E-state index contributed by atoms with van der Waals surface area (Å²) in [6, 6.07) is 5.68. The Bertz CT molecular complexity index is 650. The molecule has 0 radical (unpaired) electrons. The van der Waals surface area contributed by atoms with Crippen molar-refractivity contribution in [2.45, 2.75) is 52.5 Å². The second-order valence-corrected chi connectivity index (χ2v) is 7.56. The van der Waals surface area contributed by atoms with Crippen LogP contribution in [0.1, 0.15) is 51.5 Å². The molecule has 0 atom stereocenters. The molecule has 6 heteroatoms. The lowest BCUT2D eigenvalue weighted by Gasteiger charge is -2.17. The highest BCUT2D eigenvalue weighted by Gasteiger charge is 2.40. The molecule has 0 unspecified atom stereocenters. The molecule has 1 aliphatic carbocycles. The maximum atomic E-state index is 12.2. The maximum Gasteiger partial charge on any atom is 0.254 e. The normalized spacial score (nSPS) is 20.4. The van der Waals surface area contributed by atoms with Crippen molar-refractivity contribution >= 4 is 28.9 Å². The molecule has 1 saturated heterocycles. The van der Waals surface area contributed by atoms with Gasteiger partial charge in [-0.3, -0.25) is 15.1 Å². The second-order valence-electron chi connectivity index (χ2n) is 7.16. The second kappa shape index (κ2) is 7.11. The molecule has 2 fully saturated rings. The Morgan fingerprint density at radius 2 is 2.04 bits per heavy atom. The molecule has 3 rings (SSSR count). The highest BCUT2D eigenvalue weighted by atomic mass is 35.5. The number of hydroxylamine groups is 2. The van der Waals surface area contributed by atoms with Gasteiger partial charge in [-0.15, -0.1) is 0 Å². The third kappa shape index (κ3) is 3.90. The molecule has 24 heavy (non-hydrogen) atoms. The molecular formula is C18H24ClN3O2. The van der Waals surface area contributed by atoms with E-state index in [-0.39, 0.29) is 5.91 Å². The van der Waals surface area contributed by atoms with Crippen molar-refractivity contribution in [1.82, 2.24) is 5.06 Å². The van der Waals surface area contributed by atoms with Crippen LogP contribution in [0.4, 0.5) is 5.69 Å². The Morgan fingerprint density at radius 3 is 2.67 bits per heavy atom. The van der Waals surface area contributed by atoms with Crippen LogP contribution < -0.4 is 5.43 Å². The van der Waals surface area contributed by atoms with Crippen molar-refractivity contribution in [3.05, 3.63) is 28.8 Å². The van der Waals surface area contributed by atoms with Gasteiger partial charge in [0, 0.05) is 10.7 Å². The Balaban J connectivity index is 1.63. The fourth-order valence-electron chi connectivity index (χ4n) is 2.93. The van der Waals surface area contributed by atoms with E-state index in [0.717, 1.165) is 24.1 Å². The van der Waals surface area contributed by atoms with Crippen LogP contribution in [0.5, 0.6) is 0 Å². The van der Waals surface area contributed by atoms with E-state index in [0.29, 0.717) is 18.2 Å². The van der Waals surface area contributed by atoms with Gasteiger partial charge in [-0.1, -0.05) is 24.1 Å². The number of nitrogens with zero attached hydrogens (tertiary/aromatic N) is 2. The van der Waals surface area contributed by atoms with E-state index in [1.165, 1.54) is 30.0 Å². The van der Waals surface area contributed by atoms with E-state index >= 15 is 0 Å². The summed E-state index contributed by atoms with van der Waals surface area (Å²) in [6.07, 6.45) is 5.89. The fourth-order valence-corrected chi connectivity index (χ4v) is 3.17. The number of benzene rings is 1. The maximum absolute atomic E-state index is 12.2. The van der Waals surface area contributed by atoms with Crippen LogP contribution in [0.2, 0.25) is 5.02 Å². The zero-order valence-corrected chi connectivity index (χ0v) is 15.0. The van der Waals surface area contributed by atoms with Crippen molar-refractivity contribution < 1.29 is 9.63 Å². The summed E-state index contributed by atoms with van der Waals surface area (Å²) in [5.41, 5.74) is 5.56. The monoisotopic (exact) mass is 349 g/mol. The third-order valence-electron chi connectivity index (χ3n) is 4.53. The van der Waals surface area contributed by atoms with Crippen LogP contribution in [0.15, 0.2) is 23.3 Å². The van der Waals surface area contributed by atoms with Crippen LogP contribution in [0.25, 0.3) is 0 Å². The van der Waals surface area contributed by atoms with Gasteiger partial charge in [-0.05, 0) is 57.2 Å². The minimum atomic E-state index is -0.468. The molecule has 1 aromatic carbocycles. The molecule has 1 amide bonds. The summed E-state index contributed by atoms with van der Waals surface area (Å²) in [7, 11) is 0. The number of halogens is 1. The standard InChI is InChI=1S/C18H24ClN3O2/c1-18(2)12-24-22(17(18)23)11-13-8-9-15(10-16(13)19)21-20-14-6-4-3-5-7-14/h8-10,21H,3-7,11-12H2,1-2H3.